The highest BCUT2D eigenvalue weighted by atomic mass is 16.5. The zero-order chi connectivity index (χ0) is 17.7. The van der Waals surface area contributed by atoms with Crippen LogP contribution in [-0.2, 0) is 14.4 Å². The fourth-order valence-corrected chi connectivity index (χ4v) is 2.23. The van der Waals surface area contributed by atoms with Crippen LogP contribution in [0, 0.1) is 13.8 Å². The lowest BCUT2D eigenvalue weighted by atomic mass is 10.1. The van der Waals surface area contributed by atoms with Gasteiger partial charge in [0.1, 0.15) is 11.5 Å². The molecule has 1 heterocycles. The summed E-state index contributed by atoms with van der Waals surface area (Å²) in [4.78, 5) is 35.0. The molecule has 24 heavy (non-hydrogen) atoms. The van der Waals surface area contributed by atoms with E-state index in [4.69, 9.17) is 4.74 Å². The van der Waals surface area contributed by atoms with Gasteiger partial charge in [0.25, 0.3) is 11.8 Å². The van der Waals surface area contributed by atoms with Crippen LogP contribution in [0.1, 0.15) is 24.0 Å². The van der Waals surface area contributed by atoms with E-state index in [0.29, 0.717) is 5.75 Å². The van der Waals surface area contributed by atoms with Gasteiger partial charge in [-0.25, -0.2) is 5.01 Å². The number of hydrogen-bond acceptors (Lipinski definition) is 5. The summed E-state index contributed by atoms with van der Waals surface area (Å²) in [6.45, 7) is 3.55. The van der Waals surface area contributed by atoms with Crippen molar-refractivity contribution < 1.29 is 19.1 Å². The van der Waals surface area contributed by atoms with Crippen LogP contribution in [0.3, 0.4) is 0 Å². The first-order chi connectivity index (χ1) is 11.4. The van der Waals surface area contributed by atoms with Crippen LogP contribution in [-0.4, -0.2) is 42.1 Å². The second-order valence-electron chi connectivity index (χ2n) is 5.48. The van der Waals surface area contributed by atoms with E-state index in [1.807, 2.05) is 32.0 Å². The summed E-state index contributed by atoms with van der Waals surface area (Å²) >= 11 is 0. The van der Waals surface area contributed by atoms with Gasteiger partial charge in [0, 0.05) is 19.9 Å². The molecule has 0 spiro atoms. The summed E-state index contributed by atoms with van der Waals surface area (Å²) in [6, 6.07) is 5.69. The van der Waals surface area contributed by atoms with E-state index in [0.717, 1.165) is 16.1 Å². The van der Waals surface area contributed by atoms with Crippen molar-refractivity contribution in [2.75, 3.05) is 13.7 Å². The third kappa shape index (κ3) is 4.31. The van der Waals surface area contributed by atoms with E-state index in [9.17, 15) is 14.4 Å². The number of rotatable bonds is 4. The topological polar surface area (TPSA) is 100 Å². The molecule has 2 rings (SSSR count). The van der Waals surface area contributed by atoms with Gasteiger partial charge in [-0.1, -0.05) is 18.2 Å². The smallest absolute Gasteiger partial charge is 0.285 e. The summed E-state index contributed by atoms with van der Waals surface area (Å²) in [5, 5.41) is 4.98. The predicted octanol–water partition coefficient (Wildman–Crippen LogP) is 0.438. The molecule has 0 radical (unpaired) electrons. The number of carbonyl (C=O) groups excluding carboxylic acids is 3. The normalized spacial score (nSPS) is 14.0. The van der Waals surface area contributed by atoms with Crippen molar-refractivity contribution in [2.24, 2.45) is 5.10 Å². The Morgan fingerprint density at radius 1 is 1.21 bits per heavy atom. The Morgan fingerprint density at radius 3 is 2.50 bits per heavy atom. The maximum Gasteiger partial charge on any atom is 0.285 e. The molecule has 0 atom stereocenters. The molecule has 3 amide bonds. The molecule has 2 N–H and O–H groups in total. The van der Waals surface area contributed by atoms with E-state index in [1.165, 1.54) is 7.05 Å². The van der Waals surface area contributed by atoms with Crippen LogP contribution in [0.25, 0.3) is 0 Å². The van der Waals surface area contributed by atoms with Crippen LogP contribution in [0.4, 0.5) is 0 Å². The largest absolute Gasteiger partial charge is 0.483 e. The highest BCUT2D eigenvalue weighted by Gasteiger charge is 2.22. The molecule has 0 saturated heterocycles. The molecule has 0 unspecified atom stereocenters. The van der Waals surface area contributed by atoms with E-state index >= 15 is 0 Å². The van der Waals surface area contributed by atoms with Gasteiger partial charge in [-0.05, 0) is 25.0 Å². The maximum absolute atomic E-state index is 11.9. The Bertz CT molecular complexity index is 679. The van der Waals surface area contributed by atoms with E-state index in [-0.39, 0.29) is 31.1 Å². The average Bonchev–Trinajstić information content (AvgIpc) is 2.54. The van der Waals surface area contributed by atoms with Crippen molar-refractivity contribution in [3.05, 3.63) is 29.3 Å². The third-order valence-corrected chi connectivity index (χ3v) is 3.54. The van der Waals surface area contributed by atoms with Gasteiger partial charge in [-0.2, -0.15) is 5.10 Å². The fraction of sp³-hybridized carbons (Fsp3) is 0.375. The molecule has 1 aromatic rings. The second-order valence-corrected chi connectivity index (χ2v) is 5.48. The van der Waals surface area contributed by atoms with E-state index in [2.05, 4.69) is 16.0 Å². The van der Waals surface area contributed by atoms with Gasteiger partial charge in [-0.15, -0.1) is 0 Å². The van der Waals surface area contributed by atoms with Gasteiger partial charge in [-0.3, -0.25) is 25.2 Å². The Kier molecular flexibility index (Phi) is 5.51. The third-order valence-electron chi connectivity index (χ3n) is 3.54. The maximum atomic E-state index is 11.9. The zero-order valence-electron chi connectivity index (χ0n) is 13.9. The molecule has 8 heteroatoms. The minimum absolute atomic E-state index is 0.155. The Balaban J connectivity index is 1.82. The van der Waals surface area contributed by atoms with Crippen LogP contribution in [0.2, 0.25) is 0 Å². The molecule has 0 saturated carbocycles. The molecule has 128 valence electrons. The molecule has 1 aliphatic rings. The first-order valence-electron chi connectivity index (χ1n) is 7.50. The highest BCUT2D eigenvalue weighted by molar-refractivity contribution is 6.39. The van der Waals surface area contributed by atoms with Crippen molar-refractivity contribution in [3.63, 3.8) is 0 Å². The first kappa shape index (κ1) is 17.5. The number of hydrogen-bond donors (Lipinski definition) is 2. The molecule has 0 fully saturated rings. The molecular weight excluding hydrogens is 312 g/mol. The molecule has 1 aromatic carbocycles. The number of para-hydroxylation sites is 1. The Labute approximate surface area is 139 Å². The van der Waals surface area contributed by atoms with E-state index < -0.39 is 11.8 Å². The predicted molar refractivity (Wildman–Crippen MR) is 87.1 cm³/mol. The SMILES string of the molecule is Cc1cccc(C)c1OCC(=O)NNC(=O)C1=NN(C)C(=O)CC1. The van der Waals surface area contributed by atoms with Gasteiger partial charge in [0.05, 0.1) is 0 Å². The van der Waals surface area contributed by atoms with Crippen LogP contribution >= 0.6 is 0 Å². The number of nitrogens with zero attached hydrogens (tertiary/aromatic N) is 2. The minimum Gasteiger partial charge on any atom is -0.483 e. The van der Waals surface area contributed by atoms with Gasteiger partial charge in [0.15, 0.2) is 6.61 Å². The summed E-state index contributed by atoms with van der Waals surface area (Å²) in [5.74, 6) is -0.546. The summed E-state index contributed by atoms with van der Waals surface area (Å²) in [7, 11) is 1.48. The zero-order valence-corrected chi connectivity index (χ0v) is 13.9. The van der Waals surface area contributed by atoms with Crippen LogP contribution in [0.15, 0.2) is 23.3 Å². The number of hydrazone groups is 1. The number of benzene rings is 1. The second kappa shape index (κ2) is 7.58. The standard InChI is InChI=1S/C16H20N4O4/c1-10-5-4-6-11(2)15(10)24-9-13(21)17-18-16(23)12-7-8-14(22)20(3)19-12/h4-6H,7-9H2,1-3H3,(H,17,21)(H,18,23). The van der Waals surface area contributed by atoms with Crippen LogP contribution < -0.4 is 15.6 Å². The molecule has 0 aromatic heterocycles. The first-order valence-corrected chi connectivity index (χ1v) is 7.50. The molecular formula is C16H20N4O4. The molecule has 1 aliphatic heterocycles. The molecule has 0 aliphatic carbocycles. The number of carbonyl (C=O) groups is 3. The Hall–Kier alpha value is -2.90. The number of ether oxygens (including phenoxy) is 1. The lowest BCUT2D eigenvalue weighted by Gasteiger charge is -2.19. The van der Waals surface area contributed by atoms with Crippen molar-refractivity contribution >= 4 is 23.4 Å². The summed E-state index contributed by atoms with van der Waals surface area (Å²) in [6.07, 6.45) is 0.455. The lowest BCUT2D eigenvalue weighted by molar-refractivity contribution is -0.131. The van der Waals surface area contributed by atoms with Gasteiger partial charge < -0.3 is 4.74 Å². The highest BCUT2D eigenvalue weighted by Crippen LogP contribution is 2.21. The summed E-state index contributed by atoms with van der Waals surface area (Å²) < 4.78 is 5.49. The number of hydrazine groups is 1. The fourth-order valence-electron chi connectivity index (χ4n) is 2.23. The molecule has 8 nitrogen and oxygen atoms in total. The Morgan fingerprint density at radius 2 is 1.88 bits per heavy atom. The van der Waals surface area contributed by atoms with Crippen molar-refractivity contribution in [1.82, 2.24) is 15.9 Å². The number of aryl methyl sites for hydroxylation is 2. The van der Waals surface area contributed by atoms with Gasteiger partial charge in [0.2, 0.25) is 5.91 Å². The minimum atomic E-state index is -0.547. The number of amides is 3. The van der Waals surface area contributed by atoms with E-state index in [1.54, 1.807) is 0 Å². The monoisotopic (exact) mass is 332 g/mol. The lowest BCUT2D eigenvalue weighted by Crippen LogP contribution is -2.48. The molecule has 0 bridgehead atoms. The van der Waals surface area contributed by atoms with Crippen molar-refractivity contribution in [2.45, 2.75) is 26.7 Å². The average molecular weight is 332 g/mol. The number of nitrogens with one attached hydrogen (secondary N) is 2. The quantitative estimate of drug-likeness (QED) is 0.781. The van der Waals surface area contributed by atoms with Gasteiger partial charge >= 0.3 is 0 Å². The van der Waals surface area contributed by atoms with Crippen LogP contribution in [0.5, 0.6) is 5.75 Å². The van der Waals surface area contributed by atoms with Crippen molar-refractivity contribution in [1.29, 1.82) is 0 Å². The van der Waals surface area contributed by atoms with Crippen molar-refractivity contribution in [3.8, 4) is 5.75 Å². The summed E-state index contributed by atoms with van der Waals surface area (Å²) in [5.41, 5.74) is 6.57.